The Morgan fingerprint density at radius 2 is 0.944 bits per heavy atom. The number of aryl methyl sites for hydroxylation is 1. The largest absolute Gasteiger partial charge is 0.441 e. The molecule has 2 aromatic heterocycles. The van der Waals surface area contributed by atoms with Crippen molar-refractivity contribution >= 4 is 32.6 Å². The van der Waals surface area contributed by atoms with E-state index in [1.165, 1.54) is 10.8 Å². The number of benzene rings is 8. The summed E-state index contributed by atoms with van der Waals surface area (Å²) in [6.07, 6.45) is 0. The molecule has 0 N–H and O–H groups in total. The lowest BCUT2D eigenvalue weighted by Gasteiger charge is -2.18. The fourth-order valence-corrected chi connectivity index (χ4v) is 7.60. The topological polar surface area (TPSA) is 64.7 Å². The van der Waals surface area contributed by atoms with Crippen molar-refractivity contribution in [1.82, 2.24) is 19.9 Å². The van der Waals surface area contributed by atoms with Gasteiger partial charge in [-0.15, -0.1) is 0 Å². The van der Waals surface area contributed by atoms with Crippen LogP contribution in [0.5, 0.6) is 0 Å². The molecule has 254 valence electrons. The molecular formula is C49H32N4O. The Hall–Kier alpha value is -7.24. The van der Waals surface area contributed by atoms with Gasteiger partial charge >= 0.3 is 0 Å². The summed E-state index contributed by atoms with van der Waals surface area (Å²) in [5.74, 6) is 2.54. The van der Waals surface area contributed by atoms with Gasteiger partial charge in [0, 0.05) is 29.0 Å². The molecule has 10 rings (SSSR count). The van der Waals surface area contributed by atoms with Crippen molar-refractivity contribution < 1.29 is 4.42 Å². The lowest BCUT2D eigenvalue weighted by atomic mass is 9.86. The van der Waals surface area contributed by atoms with Gasteiger partial charge in [0.05, 0.1) is 0 Å². The van der Waals surface area contributed by atoms with Crippen LogP contribution in [0, 0.1) is 6.92 Å². The molecule has 10 aromatic rings. The number of fused-ring (bicyclic) bond motifs is 4. The second kappa shape index (κ2) is 13.1. The quantitative estimate of drug-likeness (QED) is 0.174. The van der Waals surface area contributed by atoms with Crippen LogP contribution in [0.1, 0.15) is 5.89 Å². The Labute approximate surface area is 312 Å². The highest BCUT2D eigenvalue weighted by atomic mass is 16.3. The summed E-state index contributed by atoms with van der Waals surface area (Å²) in [4.78, 5) is 19.9. The fourth-order valence-electron chi connectivity index (χ4n) is 7.60. The number of hydrogen-bond acceptors (Lipinski definition) is 5. The minimum absolute atomic E-state index is 0.619. The van der Waals surface area contributed by atoms with Gasteiger partial charge in [-0.05, 0) is 61.7 Å². The van der Waals surface area contributed by atoms with Gasteiger partial charge in [0.25, 0.3) is 0 Å². The number of hydrogen-bond donors (Lipinski definition) is 0. The standard InChI is InChI=1S/C49H32N4O/c1-31-50-46-41-25-12-10-24-39(41)43(30-44(46)54-31)35-20-14-21-36(29-35)45-37-22-9-8-15-32(37)27-28-40(45)38-23-11-13-26-42(38)49-52-47(33-16-4-2-5-17-33)51-48(53-49)34-18-6-3-7-19-34/h2-30H,1H3. The van der Waals surface area contributed by atoms with Gasteiger partial charge < -0.3 is 4.42 Å². The molecule has 5 heteroatoms. The zero-order valence-electron chi connectivity index (χ0n) is 29.4. The Balaban J connectivity index is 1.20. The first-order valence-electron chi connectivity index (χ1n) is 18.1. The van der Waals surface area contributed by atoms with E-state index in [1.807, 2.05) is 67.6 Å². The van der Waals surface area contributed by atoms with E-state index in [0.717, 1.165) is 71.9 Å². The molecule has 0 saturated carbocycles. The van der Waals surface area contributed by atoms with Crippen molar-refractivity contribution in [2.24, 2.45) is 0 Å². The summed E-state index contributed by atoms with van der Waals surface area (Å²) in [6, 6.07) is 61.1. The van der Waals surface area contributed by atoms with E-state index in [4.69, 9.17) is 24.4 Å². The molecule has 0 radical (unpaired) electrons. The molecule has 0 bridgehead atoms. The first kappa shape index (κ1) is 31.5. The smallest absolute Gasteiger partial charge is 0.192 e. The Morgan fingerprint density at radius 3 is 1.69 bits per heavy atom. The van der Waals surface area contributed by atoms with Crippen molar-refractivity contribution in [3.63, 3.8) is 0 Å². The third-order valence-corrected chi connectivity index (χ3v) is 10.1. The van der Waals surface area contributed by atoms with Crippen molar-refractivity contribution in [2.75, 3.05) is 0 Å². The number of aromatic nitrogens is 4. The van der Waals surface area contributed by atoms with E-state index in [2.05, 4.69) is 115 Å². The first-order chi connectivity index (χ1) is 26.7. The van der Waals surface area contributed by atoms with Gasteiger partial charge in [0.15, 0.2) is 28.9 Å². The van der Waals surface area contributed by atoms with Gasteiger partial charge in [-0.3, -0.25) is 0 Å². The lowest BCUT2D eigenvalue weighted by Crippen LogP contribution is -2.01. The van der Waals surface area contributed by atoms with Crippen LogP contribution in [-0.2, 0) is 0 Å². The summed E-state index contributed by atoms with van der Waals surface area (Å²) in [6.45, 7) is 1.90. The summed E-state index contributed by atoms with van der Waals surface area (Å²) < 4.78 is 6.09. The molecule has 0 spiro atoms. The van der Waals surface area contributed by atoms with E-state index in [-0.39, 0.29) is 0 Å². The fraction of sp³-hybridized carbons (Fsp3) is 0.0204. The predicted octanol–water partition coefficient (Wildman–Crippen LogP) is 12.6. The summed E-state index contributed by atoms with van der Waals surface area (Å²) in [5, 5.41) is 4.55. The number of oxazole rings is 1. The Bertz CT molecular complexity index is 2950. The molecule has 8 aromatic carbocycles. The molecule has 0 fully saturated rings. The van der Waals surface area contributed by atoms with Crippen LogP contribution in [0.3, 0.4) is 0 Å². The molecule has 5 nitrogen and oxygen atoms in total. The van der Waals surface area contributed by atoms with Crippen LogP contribution in [0.2, 0.25) is 0 Å². The second-order valence-corrected chi connectivity index (χ2v) is 13.4. The van der Waals surface area contributed by atoms with Gasteiger partial charge in [-0.25, -0.2) is 19.9 Å². The van der Waals surface area contributed by atoms with E-state index in [9.17, 15) is 0 Å². The maximum atomic E-state index is 6.09. The highest BCUT2D eigenvalue weighted by Gasteiger charge is 2.20. The van der Waals surface area contributed by atoms with Crippen LogP contribution in [0.4, 0.5) is 0 Å². The molecule has 2 heterocycles. The third-order valence-electron chi connectivity index (χ3n) is 10.1. The molecule has 0 amide bonds. The van der Waals surface area contributed by atoms with Crippen LogP contribution in [0.25, 0.3) is 100 Å². The summed E-state index contributed by atoms with van der Waals surface area (Å²) in [7, 11) is 0. The SMILES string of the molecule is Cc1nc2c(cc(-c3cccc(-c4c(-c5ccccc5-c5nc(-c6ccccc6)nc(-c6ccccc6)n5)ccc5ccccc45)c3)c3ccccc32)o1. The van der Waals surface area contributed by atoms with E-state index >= 15 is 0 Å². The third kappa shape index (κ3) is 5.51. The maximum absolute atomic E-state index is 6.09. The van der Waals surface area contributed by atoms with Crippen LogP contribution >= 0.6 is 0 Å². The average molecular weight is 693 g/mol. The molecular weight excluding hydrogens is 661 g/mol. The Morgan fingerprint density at radius 1 is 0.370 bits per heavy atom. The monoisotopic (exact) mass is 692 g/mol. The van der Waals surface area contributed by atoms with Gasteiger partial charge in [-0.1, -0.05) is 164 Å². The zero-order valence-corrected chi connectivity index (χ0v) is 29.4. The van der Waals surface area contributed by atoms with Gasteiger partial charge in [0.1, 0.15) is 5.52 Å². The summed E-state index contributed by atoms with van der Waals surface area (Å²) in [5.41, 5.74) is 11.1. The van der Waals surface area contributed by atoms with Gasteiger partial charge in [-0.2, -0.15) is 0 Å². The van der Waals surface area contributed by atoms with Crippen molar-refractivity contribution in [3.05, 3.63) is 182 Å². The number of rotatable bonds is 6. The van der Waals surface area contributed by atoms with E-state index < -0.39 is 0 Å². The molecule has 54 heavy (non-hydrogen) atoms. The highest BCUT2D eigenvalue weighted by molar-refractivity contribution is 6.12. The van der Waals surface area contributed by atoms with E-state index in [1.54, 1.807) is 0 Å². The molecule has 0 unspecified atom stereocenters. The van der Waals surface area contributed by atoms with Crippen molar-refractivity contribution in [2.45, 2.75) is 6.92 Å². The first-order valence-corrected chi connectivity index (χ1v) is 18.1. The second-order valence-electron chi connectivity index (χ2n) is 13.4. The number of nitrogens with zero attached hydrogens (tertiary/aromatic N) is 4. The normalized spacial score (nSPS) is 11.4. The lowest BCUT2D eigenvalue weighted by molar-refractivity contribution is 0.561. The molecule has 0 aliphatic heterocycles. The zero-order chi connectivity index (χ0) is 36.0. The van der Waals surface area contributed by atoms with Crippen molar-refractivity contribution in [3.8, 4) is 67.5 Å². The van der Waals surface area contributed by atoms with E-state index in [0.29, 0.717) is 23.4 Å². The predicted molar refractivity (Wildman–Crippen MR) is 220 cm³/mol. The molecule has 0 aliphatic rings. The maximum Gasteiger partial charge on any atom is 0.192 e. The minimum atomic E-state index is 0.619. The average Bonchev–Trinajstić information content (AvgIpc) is 3.64. The Kier molecular flexibility index (Phi) is 7.62. The van der Waals surface area contributed by atoms with Crippen LogP contribution < -0.4 is 0 Å². The molecule has 0 saturated heterocycles. The van der Waals surface area contributed by atoms with Crippen LogP contribution in [0.15, 0.2) is 180 Å². The molecule has 0 aliphatic carbocycles. The molecule has 0 atom stereocenters. The van der Waals surface area contributed by atoms with Crippen LogP contribution in [-0.4, -0.2) is 19.9 Å². The van der Waals surface area contributed by atoms with Gasteiger partial charge in [0.2, 0.25) is 0 Å². The minimum Gasteiger partial charge on any atom is -0.441 e. The van der Waals surface area contributed by atoms with Crippen molar-refractivity contribution in [1.29, 1.82) is 0 Å². The highest BCUT2D eigenvalue weighted by Crippen LogP contribution is 2.43. The summed E-state index contributed by atoms with van der Waals surface area (Å²) >= 11 is 0.